The average molecular weight is 283 g/mol. The number of hydrogen-bond acceptors (Lipinski definition) is 0. The van der Waals surface area contributed by atoms with E-state index in [2.05, 4.69) is 34.8 Å². The molecule has 0 radical (unpaired) electrons. The Balaban J connectivity index is -0.0000000133. The summed E-state index contributed by atoms with van der Waals surface area (Å²) in [6.45, 7) is 0. The molecule has 0 aromatic heterocycles. The molecule has 0 saturated heterocycles. The lowest BCUT2D eigenvalue weighted by Crippen LogP contribution is -1.83. The van der Waals surface area contributed by atoms with Gasteiger partial charge in [0.1, 0.15) is 0 Å². The van der Waals surface area contributed by atoms with E-state index in [4.69, 9.17) is 0 Å². The molecule has 0 saturated carbocycles. The highest BCUT2D eigenvalue weighted by atomic mass is 35.6. The molecule has 0 fully saturated rings. The van der Waals surface area contributed by atoms with Crippen LogP contribution in [-0.2, 0) is 0 Å². The molecule has 8 heteroatoms. The van der Waals surface area contributed by atoms with E-state index < -0.39 is 4.05 Å². The van der Waals surface area contributed by atoms with Crippen LogP contribution in [-0.4, -0.2) is 4.05 Å². The Hall–Kier alpha value is 1.96. The third-order valence-corrected chi connectivity index (χ3v) is 0. The van der Waals surface area contributed by atoms with Gasteiger partial charge in [0.25, 0.3) is 0 Å². The molecular weight excluding hydrogens is 279 g/mol. The minimum absolute atomic E-state index is 0. The Morgan fingerprint density at radius 2 is 0.778 bits per heavy atom. The molecule has 9 heavy (non-hydrogen) atoms. The van der Waals surface area contributed by atoms with Gasteiger partial charge in [0, 0.05) is 0 Å². The maximum atomic E-state index is 11.0. The average Bonchev–Trinajstić information content (AvgIpc) is 0.722. The minimum Gasteiger partial charge on any atom is -0.189 e. The van der Waals surface area contributed by atoms with Crippen molar-refractivity contribution in [1.29, 1.82) is 0 Å². The fourth-order valence-electron chi connectivity index (χ4n) is 0. The Bertz CT molecular complexity index is 24.4. The number of hydrogen-bond donors (Lipinski definition) is 0. The molecule has 0 amide bonds. The molecular formula is CH4Cl7F. The Labute approximate surface area is 92.4 Å². The summed E-state index contributed by atoms with van der Waals surface area (Å²) in [5.41, 5.74) is 0. The lowest BCUT2D eigenvalue weighted by Gasteiger charge is -1.89. The van der Waals surface area contributed by atoms with Crippen LogP contribution in [0.1, 0.15) is 0 Å². The van der Waals surface area contributed by atoms with Crippen molar-refractivity contribution in [1.82, 2.24) is 0 Å². The van der Waals surface area contributed by atoms with E-state index in [0.29, 0.717) is 0 Å². The molecule has 0 nitrogen and oxygen atoms in total. The van der Waals surface area contributed by atoms with Crippen molar-refractivity contribution in [3.8, 4) is 0 Å². The van der Waals surface area contributed by atoms with Crippen molar-refractivity contribution in [2.45, 2.75) is 4.05 Å². The van der Waals surface area contributed by atoms with Gasteiger partial charge in [-0.2, -0.15) is 4.39 Å². The summed E-state index contributed by atoms with van der Waals surface area (Å²) in [6, 6.07) is 0. The van der Waals surface area contributed by atoms with Gasteiger partial charge in [-0.05, 0) is 34.8 Å². The quantitative estimate of drug-likeness (QED) is 0.590. The largest absolute Gasteiger partial charge is 0.333 e. The Kier molecular flexibility index (Phi) is 42.9. The smallest absolute Gasteiger partial charge is 0.189 e. The fourth-order valence-corrected chi connectivity index (χ4v) is 0. The van der Waals surface area contributed by atoms with Gasteiger partial charge in [0.05, 0.1) is 0 Å². The zero-order chi connectivity index (χ0) is 4.50. The van der Waals surface area contributed by atoms with Crippen molar-refractivity contribution in [3.05, 3.63) is 0 Å². The van der Waals surface area contributed by atoms with Gasteiger partial charge in [0.2, 0.25) is 0 Å². The van der Waals surface area contributed by atoms with Gasteiger partial charge in [-0.3, -0.25) is 0 Å². The summed E-state index contributed by atoms with van der Waals surface area (Å²) in [6.07, 6.45) is 0. The van der Waals surface area contributed by atoms with Crippen LogP contribution in [0.4, 0.5) is 4.39 Å². The van der Waals surface area contributed by atoms with Gasteiger partial charge in [0.15, 0.2) is 0 Å². The molecule has 64 valence electrons. The molecule has 0 aliphatic carbocycles. The molecule has 0 aromatic rings. The maximum absolute atomic E-state index is 11.0. The zero-order valence-electron chi connectivity index (χ0n) is 3.64. The van der Waals surface area contributed by atoms with Crippen LogP contribution in [0.25, 0.3) is 0 Å². The summed E-state index contributed by atoms with van der Waals surface area (Å²) >= 11 is 13.2. The van der Waals surface area contributed by atoms with Gasteiger partial charge in [-0.25, -0.2) is 0 Å². The molecule has 0 unspecified atom stereocenters. The van der Waals surface area contributed by atoms with Crippen LogP contribution in [0.15, 0.2) is 0 Å². The minimum atomic E-state index is -2.58. The first-order chi connectivity index (χ1) is 2.00. The molecule has 0 aliphatic heterocycles. The molecule has 0 rings (SSSR count). The second-order valence-corrected chi connectivity index (χ2v) is 2.57. The number of rotatable bonds is 0. The Morgan fingerprint density at radius 3 is 0.778 bits per heavy atom. The van der Waals surface area contributed by atoms with E-state index in [1.165, 1.54) is 0 Å². The zero-order valence-corrected chi connectivity index (χ0v) is 9.18. The van der Waals surface area contributed by atoms with Crippen molar-refractivity contribution in [3.63, 3.8) is 0 Å². The van der Waals surface area contributed by atoms with Crippen molar-refractivity contribution in [2.75, 3.05) is 0 Å². The van der Waals surface area contributed by atoms with E-state index >= 15 is 0 Å². The molecule has 0 N–H and O–H groups in total. The van der Waals surface area contributed by atoms with Crippen LogP contribution in [0.3, 0.4) is 0 Å². The standard InChI is InChI=1S/CCl3F.4ClH/c2-1(3,4)5;;;;/h;4*1H. The SMILES string of the molecule is Cl.Cl.Cl.Cl.FC(Cl)(Cl)Cl. The van der Waals surface area contributed by atoms with Gasteiger partial charge >= 0.3 is 4.05 Å². The normalized spacial score (nSPS) is 6.67. The third-order valence-electron chi connectivity index (χ3n) is 0. The van der Waals surface area contributed by atoms with Crippen LogP contribution in [0.2, 0.25) is 0 Å². The van der Waals surface area contributed by atoms with E-state index in [1.54, 1.807) is 0 Å². The van der Waals surface area contributed by atoms with E-state index in [1.807, 2.05) is 0 Å². The third kappa shape index (κ3) is 164. The molecule has 0 bridgehead atoms. The van der Waals surface area contributed by atoms with E-state index in [-0.39, 0.29) is 49.6 Å². The van der Waals surface area contributed by atoms with Crippen LogP contribution >= 0.6 is 84.4 Å². The van der Waals surface area contributed by atoms with E-state index in [0.717, 1.165) is 0 Å². The molecule has 0 aliphatic rings. The molecule has 0 spiro atoms. The first-order valence-corrected chi connectivity index (χ1v) is 1.89. The van der Waals surface area contributed by atoms with Gasteiger partial charge < -0.3 is 0 Å². The lowest BCUT2D eigenvalue weighted by molar-refractivity contribution is 0.507. The highest BCUT2D eigenvalue weighted by molar-refractivity contribution is 6.66. The first kappa shape index (κ1) is 30.6. The maximum Gasteiger partial charge on any atom is 0.333 e. The predicted molar refractivity (Wildman–Crippen MR) is 50.4 cm³/mol. The second kappa shape index (κ2) is 12.6. The van der Waals surface area contributed by atoms with Crippen molar-refractivity contribution < 1.29 is 4.39 Å². The monoisotopic (exact) mass is 280 g/mol. The molecule has 0 heterocycles. The summed E-state index contributed by atoms with van der Waals surface area (Å²) in [7, 11) is 0. The predicted octanol–water partition coefficient (Wildman–Crippen LogP) is 3.97. The number of alkyl halides is 4. The van der Waals surface area contributed by atoms with E-state index in [9.17, 15) is 4.39 Å². The fraction of sp³-hybridized carbons (Fsp3) is 1.00. The molecule has 0 atom stereocenters. The number of halogens is 8. The van der Waals surface area contributed by atoms with Gasteiger partial charge in [-0.1, -0.05) is 0 Å². The molecule has 0 aromatic carbocycles. The topological polar surface area (TPSA) is 0 Å². The summed E-state index contributed by atoms with van der Waals surface area (Å²) in [5, 5.41) is 0. The summed E-state index contributed by atoms with van der Waals surface area (Å²) in [4.78, 5) is 0. The highest BCUT2D eigenvalue weighted by Gasteiger charge is 2.14. The highest BCUT2D eigenvalue weighted by Crippen LogP contribution is 2.26. The lowest BCUT2D eigenvalue weighted by atomic mass is 11.7. The van der Waals surface area contributed by atoms with Crippen molar-refractivity contribution >= 4 is 84.4 Å². The van der Waals surface area contributed by atoms with Crippen LogP contribution in [0, 0.1) is 0 Å². The van der Waals surface area contributed by atoms with Crippen LogP contribution < -0.4 is 0 Å². The second-order valence-electron chi connectivity index (χ2n) is 0.429. The first-order valence-electron chi connectivity index (χ1n) is 0.756. The Morgan fingerprint density at radius 1 is 0.778 bits per heavy atom. The van der Waals surface area contributed by atoms with Crippen LogP contribution in [0.5, 0.6) is 0 Å². The van der Waals surface area contributed by atoms with Crippen molar-refractivity contribution in [2.24, 2.45) is 0 Å². The summed E-state index contributed by atoms with van der Waals surface area (Å²) in [5.74, 6) is 0. The van der Waals surface area contributed by atoms with Gasteiger partial charge in [-0.15, -0.1) is 49.6 Å². The summed E-state index contributed by atoms with van der Waals surface area (Å²) < 4.78 is 8.40.